The summed E-state index contributed by atoms with van der Waals surface area (Å²) in [4.78, 5) is 34.6. The predicted octanol–water partition coefficient (Wildman–Crippen LogP) is 6.72. The summed E-state index contributed by atoms with van der Waals surface area (Å²) >= 11 is 0. The van der Waals surface area contributed by atoms with Crippen LogP contribution in [-0.2, 0) is 17.8 Å². The van der Waals surface area contributed by atoms with Crippen molar-refractivity contribution in [2.75, 3.05) is 20.2 Å². The molecule has 42 heavy (non-hydrogen) atoms. The molecule has 1 N–H and O–H groups in total. The van der Waals surface area contributed by atoms with Crippen molar-refractivity contribution in [1.82, 2.24) is 14.8 Å². The molecule has 0 atom stereocenters. The van der Waals surface area contributed by atoms with Crippen LogP contribution in [0.15, 0.2) is 109 Å². The van der Waals surface area contributed by atoms with Crippen LogP contribution in [0.25, 0.3) is 22.0 Å². The number of para-hydroxylation sites is 2. The third-order valence-corrected chi connectivity index (χ3v) is 8.03. The molecule has 2 amide bonds. The summed E-state index contributed by atoms with van der Waals surface area (Å²) in [5, 5.41) is 1.16. The van der Waals surface area contributed by atoms with Crippen LogP contribution in [-0.4, -0.2) is 52.8 Å². The molecule has 1 heterocycles. The second-order valence-electron chi connectivity index (χ2n) is 10.8. The van der Waals surface area contributed by atoms with Crippen molar-refractivity contribution in [2.45, 2.75) is 31.8 Å². The lowest BCUT2D eigenvalue weighted by Gasteiger charge is -2.28. The number of nitrogens with zero attached hydrogens (tertiary/aromatic N) is 2. The molecule has 0 unspecified atom stereocenters. The van der Waals surface area contributed by atoms with Gasteiger partial charge in [0.1, 0.15) is 12.3 Å². The van der Waals surface area contributed by atoms with Gasteiger partial charge >= 0.3 is 0 Å². The molecule has 1 fully saturated rings. The first-order valence-corrected chi connectivity index (χ1v) is 14.5. The molecule has 1 aliphatic carbocycles. The van der Waals surface area contributed by atoms with Crippen LogP contribution in [0.1, 0.15) is 34.3 Å². The molecule has 1 saturated carbocycles. The highest BCUT2D eigenvalue weighted by Crippen LogP contribution is 2.30. The van der Waals surface area contributed by atoms with Crippen molar-refractivity contribution in [3.05, 3.63) is 126 Å². The largest absolute Gasteiger partial charge is 0.496 e. The number of carbonyl (C=O) groups excluding carboxylic acids is 2. The van der Waals surface area contributed by atoms with E-state index in [4.69, 9.17) is 4.74 Å². The lowest BCUT2D eigenvalue weighted by Crippen LogP contribution is -2.44. The van der Waals surface area contributed by atoms with E-state index in [-0.39, 0.29) is 24.4 Å². The Morgan fingerprint density at radius 2 is 1.50 bits per heavy atom. The predicted molar refractivity (Wildman–Crippen MR) is 166 cm³/mol. The van der Waals surface area contributed by atoms with Gasteiger partial charge in [0.15, 0.2) is 0 Å². The zero-order chi connectivity index (χ0) is 28.9. The quantitative estimate of drug-likeness (QED) is 0.196. The monoisotopic (exact) mass is 557 g/mol. The van der Waals surface area contributed by atoms with Crippen LogP contribution in [0.2, 0.25) is 0 Å². The number of H-pyrrole nitrogens is 1. The number of hydrogen-bond donors (Lipinski definition) is 1. The molecule has 6 heteroatoms. The highest BCUT2D eigenvalue weighted by atomic mass is 16.5. The highest BCUT2D eigenvalue weighted by molar-refractivity contribution is 5.97. The summed E-state index contributed by atoms with van der Waals surface area (Å²) in [6.07, 6.45) is 4.56. The van der Waals surface area contributed by atoms with E-state index in [9.17, 15) is 9.59 Å². The summed E-state index contributed by atoms with van der Waals surface area (Å²) in [5.41, 5.74) is 5.95. The van der Waals surface area contributed by atoms with E-state index in [1.165, 1.54) is 0 Å². The Hall–Kier alpha value is -4.84. The van der Waals surface area contributed by atoms with E-state index in [0.29, 0.717) is 25.1 Å². The summed E-state index contributed by atoms with van der Waals surface area (Å²) in [6, 6.07) is 33.9. The van der Waals surface area contributed by atoms with Crippen LogP contribution in [0, 0.1) is 0 Å². The molecule has 0 aliphatic heterocycles. The molecule has 0 bridgehead atoms. The Morgan fingerprint density at radius 1 is 0.810 bits per heavy atom. The van der Waals surface area contributed by atoms with Gasteiger partial charge in [-0.3, -0.25) is 9.59 Å². The first-order chi connectivity index (χ1) is 20.6. The van der Waals surface area contributed by atoms with Crippen LogP contribution >= 0.6 is 0 Å². The van der Waals surface area contributed by atoms with E-state index >= 15 is 0 Å². The molecule has 6 rings (SSSR count). The van der Waals surface area contributed by atoms with Crippen molar-refractivity contribution >= 4 is 22.7 Å². The number of ether oxygens (including phenoxy) is 1. The maximum Gasteiger partial charge on any atom is 0.254 e. The van der Waals surface area contributed by atoms with E-state index in [0.717, 1.165) is 51.7 Å². The second kappa shape index (κ2) is 12.4. The van der Waals surface area contributed by atoms with Crippen molar-refractivity contribution in [1.29, 1.82) is 0 Å². The van der Waals surface area contributed by atoms with E-state index in [1.807, 2.05) is 90.0 Å². The fraction of sp³-hybridized carbons (Fsp3) is 0.222. The molecule has 5 aromatic rings. The van der Waals surface area contributed by atoms with Gasteiger partial charge in [0.25, 0.3) is 5.91 Å². The standard InChI is InChI=1S/C36H35N3O3/c1-42-34-14-8-5-11-30(34)24-38(22-21-29-23-37-33-13-7-6-12-32(29)33)35(40)25-39(31-19-20-31)36(41)28-17-15-27(16-18-28)26-9-3-2-4-10-26/h2-18,23,31,37H,19-22,24-25H2,1H3. The maximum atomic E-state index is 14.0. The molecule has 212 valence electrons. The van der Waals surface area contributed by atoms with E-state index in [1.54, 1.807) is 12.0 Å². The first-order valence-electron chi connectivity index (χ1n) is 14.5. The third kappa shape index (κ3) is 6.08. The van der Waals surface area contributed by atoms with Crippen LogP contribution < -0.4 is 4.74 Å². The average Bonchev–Trinajstić information content (AvgIpc) is 3.81. The Morgan fingerprint density at radius 3 is 2.26 bits per heavy atom. The molecule has 6 nitrogen and oxygen atoms in total. The van der Waals surface area contributed by atoms with E-state index < -0.39 is 0 Å². The van der Waals surface area contributed by atoms with Gasteiger partial charge in [-0.25, -0.2) is 0 Å². The summed E-state index contributed by atoms with van der Waals surface area (Å²) in [7, 11) is 1.65. The van der Waals surface area contributed by atoms with Crippen LogP contribution in [0.4, 0.5) is 0 Å². The number of hydrogen-bond acceptors (Lipinski definition) is 3. The minimum Gasteiger partial charge on any atom is -0.496 e. The number of aromatic amines is 1. The Bertz CT molecular complexity index is 1670. The molecule has 0 saturated heterocycles. The van der Waals surface area contributed by atoms with Gasteiger partial charge in [0, 0.05) is 47.4 Å². The Kier molecular flexibility index (Phi) is 8.04. The number of carbonyl (C=O) groups is 2. The topological polar surface area (TPSA) is 65.6 Å². The normalized spacial score (nSPS) is 12.7. The van der Waals surface area contributed by atoms with Gasteiger partial charge in [-0.15, -0.1) is 0 Å². The third-order valence-electron chi connectivity index (χ3n) is 8.03. The van der Waals surface area contributed by atoms with Gasteiger partial charge in [-0.2, -0.15) is 0 Å². The fourth-order valence-electron chi connectivity index (χ4n) is 5.53. The number of fused-ring (bicyclic) bond motifs is 1. The number of methoxy groups -OCH3 is 1. The van der Waals surface area contributed by atoms with Gasteiger partial charge < -0.3 is 19.5 Å². The molecular weight excluding hydrogens is 522 g/mol. The Balaban J connectivity index is 1.21. The zero-order valence-electron chi connectivity index (χ0n) is 23.8. The highest BCUT2D eigenvalue weighted by Gasteiger charge is 2.35. The molecule has 0 spiro atoms. The smallest absolute Gasteiger partial charge is 0.254 e. The summed E-state index contributed by atoms with van der Waals surface area (Å²) in [6.45, 7) is 0.980. The molecular formula is C36H35N3O3. The van der Waals surface area contributed by atoms with Crippen LogP contribution in [0.5, 0.6) is 5.75 Å². The van der Waals surface area contributed by atoms with Crippen molar-refractivity contribution in [3.8, 4) is 16.9 Å². The number of benzene rings is 4. The SMILES string of the molecule is COc1ccccc1CN(CCc1c[nH]c2ccccc12)C(=O)CN(C(=O)c1ccc(-c2ccccc2)cc1)C1CC1. The minimum absolute atomic E-state index is 0.0486. The van der Waals surface area contributed by atoms with Crippen LogP contribution in [0.3, 0.4) is 0 Å². The lowest BCUT2D eigenvalue weighted by molar-refractivity contribution is -0.132. The minimum atomic E-state index is -0.0978. The molecule has 0 radical (unpaired) electrons. The van der Waals surface area contributed by atoms with E-state index in [2.05, 4.69) is 29.2 Å². The number of amides is 2. The molecule has 1 aliphatic rings. The number of nitrogens with one attached hydrogen (secondary N) is 1. The molecule has 1 aromatic heterocycles. The number of rotatable bonds is 11. The van der Waals surface area contributed by atoms with Gasteiger partial charge in [0.2, 0.25) is 5.91 Å². The summed E-state index contributed by atoms with van der Waals surface area (Å²) < 4.78 is 5.59. The lowest BCUT2D eigenvalue weighted by atomic mass is 10.0. The fourth-order valence-corrected chi connectivity index (χ4v) is 5.53. The van der Waals surface area contributed by atoms with Gasteiger partial charge in [-0.1, -0.05) is 78.9 Å². The van der Waals surface area contributed by atoms with Gasteiger partial charge in [0.05, 0.1) is 7.11 Å². The van der Waals surface area contributed by atoms with Crippen molar-refractivity contribution < 1.29 is 14.3 Å². The Labute approximate surface area is 246 Å². The molecule has 4 aromatic carbocycles. The number of aromatic nitrogens is 1. The summed E-state index contributed by atoms with van der Waals surface area (Å²) in [5.74, 6) is 0.581. The zero-order valence-corrected chi connectivity index (χ0v) is 23.8. The average molecular weight is 558 g/mol. The van der Waals surface area contributed by atoms with Crippen molar-refractivity contribution in [2.24, 2.45) is 0 Å². The first kappa shape index (κ1) is 27.3. The maximum absolute atomic E-state index is 14.0. The second-order valence-corrected chi connectivity index (χ2v) is 10.8. The van der Waals surface area contributed by atoms with Gasteiger partial charge in [-0.05, 0) is 60.2 Å². The van der Waals surface area contributed by atoms with Crippen molar-refractivity contribution in [3.63, 3.8) is 0 Å².